The number of halogens is 1. The number of benzene rings is 1. The lowest BCUT2D eigenvalue weighted by Crippen LogP contribution is -2.24. The number of carbonyl (C=O) groups excluding carboxylic acids is 2. The molecule has 0 saturated heterocycles. The van der Waals surface area contributed by atoms with Crippen molar-refractivity contribution in [1.29, 1.82) is 0 Å². The second-order valence-electron chi connectivity index (χ2n) is 6.34. The summed E-state index contributed by atoms with van der Waals surface area (Å²) in [6.45, 7) is 5.28. The zero-order chi connectivity index (χ0) is 21.0. The summed E-state index contributed by atoms with van der Waals surface area (Å²) < 4.78 is 10.3. The Hall–Kier alpha value is -2.90. The number of thiazole rings is 1. The molecule has 0 aliphatic heterocycles. The molecule has 0 aliphatic rings. The molecule has 6 nitrogen and oxygen atoms in total. The standard InChI is InChI=1S/C21H19ClN2O4S/c1-13-9-14(2)20(18(22)10-13)24(15(3)25)21-23-16(12-29-21)11-28-19(26)7-6-17-5-4-8-27-17/h4-10,12H,11H2,1-3H3/b7-6+. The van der Waals surface area contributed by atoms with Gasteiger partial charge in [0.25, 0.3) is 0 Å². The van der Waals surface area contributed by atoms with E-state index in [0.717, 1.165) is 11.1 Å². The summed E-state index contributed by atoms with van der Waals surface area (Å²) >= 11 is 7.68. The highest BCUT2D eigenvalue weighted by atomic mass is 35.5. The molecule has 1 amide bonds. The van der Waals surface area contributed by atoms with Gasteiger partial charge in [0.15, 0.2) is 5.13 Å². The van der Waals surface area contributed by atoms with E-state index in [1.165, 1.54) is 41.6 Å². The zero-order valence-electron chi connectivity index (χ0n) is 16.1. The average Bonchev–Trinajstić information content (AvgIpc) is 3.32. The number of anilines is 2. The quantitative estimate of drug-likeness (QED) is 0.384. The van der Waals surface area contributed by atoms with E-state index in [-0.39, 0.29) is 12.5 Å². The molecule has 0 saturated carbocycles. The van der Waals surface area contributed by atoms with Crippen LogP contribution in [-0.4, -0.2) is 16.9 Å². The van der Waals surface area contributed by atoms with Crippen LogP contribution in [0.3, 0.4) is 0 Å². The van der Waals surface area contributed by atoms with Gasteiger partial charge in [-0.05, 0) is 49.2 Å². The molecule has 0 unspecified atom stereocenters. The number of hydrogen-bond donors (Lipinski definition) is 0. The van der Waals surface area contributed by atoms with Crippen molar-refractivity contribution in [2.75, 3.05) is 4.90 Å². The molecule has 1 aromatic carbocycles. The summed E-state index contributed by atoms with van der Waals surface area (Å²) in [4.78, 5) is 30.1. The number of aryl methyl sites for hydroxylation is 2. The third-order valence-electron chi connectivity index (χ3n) is 3.96. The van der Waals surface area contributed by atoms with Gasteiger partial charge in [-0.3, -0.25) is 9.69 Å². The van der Waals surface area contributed by atoms with Crippen molar-refractivity contribution >= 4 is 51.7 Å². The predicted molar refractivity (Wildman–Crippen MR) is 113 cm³/mol. The Kier molecular flexibility index (Phi) is 6.51. The van der Waals surface area contributed by atoms with E-state index in [1.54, 1.807) is 17.5 Å². The molecule has 0 spiro atoms. The van der Waals surface area contributed by atoms with Crippen LogP contribution in [-0.2, 0) is 20.9 Å². The molecule has 2 heterocycles. The van der Waals surface area contributed by atoms with Gasteiger partial charge in [-0.1, -0.05) is 17.7 Å². The number of nitrogens with zero attached hydrogens (tertiary/aromatic N) is 2. The van der Waals surface area contributed by atoms with E-state index in [4.69, 9.17) is 20.8 Å². The molecule has 0 radical (unpaired) electrons. The summed E-state index contributed by atoms with van der Waals surface area (Å²) in [5.41, 5.74) is 3.02. The molecule has 0 bridgehead atoms. The third kappa shape index (κ3) is 5.13. The van der Waals surface area contributed by atoms with Crippen LogP contribution in [0.15, 0.2) is 46.4 Å². The summed E-state index contributed by atoms with van der Waals surface area (Å²) in [7, 11) is 0. The van der Waals surface area contributed by atoms with Gasteiger partial charge in [-0.15, -0.1) is 11.3 Å². The van der Waals surface area contributed by atoms with Gasteiger partial charge in [-0.25, -0.2) is 9.78 Å². The number of hydrogen-bond acceptors (Lipinski definition) is 6. The number of aromatic nitrogens is 1. The molecule has 2 aromatic heterocycles. The Morgan fingerprint density at radius 2 is 2.14 bits per heavy atom. The first-order valence-corrected chi connectivity index (χ1v) is 10.0. The lowest BCUT2D eigenvalue weighted by molar-refractivity contribution is -0.139. The summed E-state index contributed by atoms with van der Waals surface area (Å²) in [5.74, 6) is -0.171. The monoisotopic (exact) mass is 430 g/mol. The maximum Gasteiger partial charge on any atom is 0.331 e. The first kappa shape index (κ1) is 20.8. The van der Waals surface area contributed by atoms with Crippen LogP contribution in [0.1, 0.15) is 29.5 Å². The molecular formula is C21H19ClN2O4S. The SMILES string of the molecule is CC(=O)N(c1nc(COC(=O)/C=C/c2ccco2)cs1)c1c(C)cc(C)cc1Cl. The maximum absolute atomic E-state index is 12.3. The van der Waals surface area contributed by atoms with Crippen molar-refractivity contribution in [3.8, 4) is 0 Å². The number of rotatable bonds is 6. The highest BCUT2D eigenvalue weighted by Crippen LogP contribution is 2.37. The molecule has 150 valence electrons. The molecule has 29 heavy (non-hydrogen) atoms. The molecule has 3 aromatic rings. The first-order chi connectivity index (χ1) is 13.8. The lowest BCUT2D eigenvalue weighted by Gasteiger charge is -2.22. The van der Waals surface area contributed by atoms with Gasteiger partial charge in [0, 0.05) is 18.4 Å². The molecule has 0 aliphatic carbocycles. The smallest absolute Gasteiger partial charge is 0.331 e. The predicted octanol–water partition coefficient (Wildman–Crippen LogP) is 5.45. The minimum absolute atomic E-state index is 0.00974. The molecule has 0 atom stereocenters. The summed E-state index contributed by atoms with van der Waals surface area (Å²) in [6.07, 6.45) is 4.32. The fraction of sp³-hybridized carbons (Fsp3) is 0.190. The van der Waals surface area contributed by atoms with Crippen LogP contribution in [0.2, 0.25) is 5.02 Å². The molecule has 8 heteroatoms. The van der Waals surface area contributed by atoms with Gasteiger partial charge >= 0.3 is 5.97 Å². The van der Waals surface area contributed by atoms with Crippen LogP contribution < -0.4 is 4.90 Å². The van der Waals surface area contributed by atoms with Gasteiger partial charge < -0.3 is 9.15 Å². The molecule has 3 rings (SSSR count). The molecule has 0 N–H and O–H groups in total. The third-order valence-corrected chi connectivity index (χ3v) is 5.12. The van der Waals surface area contributed by atoms with Gasteiger partial charge in [0.1, 0.15) is 12.4 Å². The number of amides is 1. The van der Waals surface area contributed by atoms with E-state index in [9.17, 15) is 9.59 Å². The lowest BCUT2D eigenvalue weighted by atomic mass is 10.1. The minimum atomic E-state index is -0.517. The van der Waals surface area contributed by atoms with Crippen molar-refractivity contribution in [2.24, 2.45) is 0 Å². The second-order valence-corrected chi connectivity index (χ2v) is 7.59. The second kappa shape index (κ2) is 9.07. The minimum Gasteiger partial charge on any atom is -0.465 e. The van der Waals surface area contributed by atoms with Crippen molar-refractivity contribution in [3.05, 3.63) is 69.6 Å². The topological polar surface area (TPSA) is 72.6 Å². The van der Waals surface area contributed by atoms with Crippen LogP contribution in [0.4, 0.5) is 10.8 Å². The van der Waals surface area contributed by atoms with Crippen molar-refractivity contribution in [2.45, 2.75) is 27.4 Å². The van der Waals surface area contributed by atoms with Gasteiger partial charge in [0.05, 0.1) is 22.7 Å². The average molecular weight is 431 g/mol. The number of ether oxygens (including phenoxy) is 1. The van der Waals surface area contributed by atoms with E-state index in [2.05, 4.69) is 4.98 Å². The van der Waals surface area contributed by atoms with Crippen LogP contribution in [0, 0.1) is 13.8 Å². The Morgan fingerprint density at radius 1 is 1.34 bits per heavy atom. The number of furan rings is 1. The van der Waals surface area contributed by atoms with Crippen molar-refractivity contribution in [1.82, 2.24) is 4.98 Å². The highest BCUT2D eigenvalue weighted by molar-refractivity contribution is 7.14. The van der Waals surface area contributed by atoms with Gasteiger partial charge in [0.2, 0.25) is 5.91 Å². The van der Waals surface area contributed by atoms with E-state index in [0.29, 0.717) is 27.3 Å². The maximum atomic E-state index is 12.3. The molecule has 0 fully saturated rings. The van der Waals surface area contributed by atoms with Crippen LogP contribution in [0.5, 0.6) is 0 Å². The zero-order valence-corrected chi connectivity index (χ0v) is 17.7. The Labute approximate surface area is 177 Å². The number of carbonyl (C=O) groups is 2. The van der Waals surface area contributed by atoms with Gasteiger partial charge in [-0.2, -0.15) is 0 Å². The fourth-order valence-electron chi connectivity index (χ4n) is 2.77. The van der Waals surface area contributed by atoms with Crippen molar-refractivity contribution in [3.63, 3.8) is 0 Å². The number of esters is 1. The highest BCUT2D eigenvalue weighted by Gasteiger charge is 2.22. The summed E-state index contributed by atoms with van der Waals surface area (Å²) in [6, 6.07) is 7.22. The van der Waals surface area contributed by atoms with Crippen molar-refractivity contribution < 1.29 is 18.7 Å². The van der Waals surface area contributed by atoms with Crippen LogP contribution in [0.25, 0.3) is 6.08 Å². The normalized spacial score (nSPS) is 11.0. The van der Waals surface area contributed by atoms with E-state index in [1.807, 2.05) is 26.0 Å². The Morgan fingerprint density at radius 3 is 2.79 bits per heavy atom. The van der Waals surface area contributed by atoms with E-state index >= 15 is 0 Å². The molecular weight excluding hydrogens is 412 g/mol. The summed E-state index contributed by atoms with van der Waals surface area (Å²) in [5, 5.41) is 2.68. The Balaban J connectivity index is 1.73. The largest absolute Gasteiger partial charge is 0.465 e. The first-order valence-electron chi connectivity index (χ1n) is 8.75. The van der Waals surface area contributed by atoms with E-state index < -0.39 is 5.97 Å². The van der Waals surface area contributed by atoms with Crippen LogP contribution >= 0.6 is 22.9 Å². The Bertz CT molecular complexity index is 1030. The fourth-order valence-corrected chi connectivity index (χ4v) is 4.04.